The third-order valence-corrected chi connectivity index (χ3v) is 4.62. The summed E-state index contributed by atoms with van der Waals surface area (Å²) in [5.41, 5.74) is 1.31. The summed E-state index contributed by atoms with van der Waals surface area (Å²) in [4.78, 5) is 7.26. The van der Waals surface area contributed by atoms with Crippen molar-refractivity contribution < 1.29 is 0 Å². The second-order valence-corrected chi connectivity index (χ2v) is 6.28. The van der Waals surface area contributed by atoms with E-state index >= 15 is 0 Å². The fourth-order valence-corrected chi connectivity index (χ4v) is 3.14. The van der Waals surface area contributed by atoms with Gasteiger partial charge in [0.15, 0.2) is 0 Å². The van der Waals surface area contributed by atoms with Gasteiger partial charge in [0.2, 0.25) is 0 Å². The average Bonchev–Trinajstić information content (AvgIpc) is 3.32. The first kappa shape index (κ1) is 13.9. The minimum atomic E-state index is 0.681. The third kappa shape index (κ3) is 3.51. The number of anilines is 1. The van der Waals surface area contributed by atoms with Crippen LogP contribution in [0.25, 0.3) is 0 Å². The molecule has 1 unspecified atom stereocenters. The molecule has 2 aliphatic rings. The number of hydrogen-bond donors (Lipinski definition) is 1. The van der Waals surface area contributed by atoms with Gasteiger partial charge in [-0.25, -0.2) is 4.98 Å². The topological polar surface area (TPSA) is 28.2 Å². The molecular formula is C17H27N3. The van der Waals surface area contributed by atoms with Crippen molar-refractivity contribution >= 4 is 5.82 Å². The maximum absolute atomic E-state index is 4.73. The Morgan fingerprint density at radius 2 is 2.10 bits per heavy atom. The Balaban J connectivity index is 1.64. The molecule has 20 heavy (non-hydrogen) atoms. The molecule has 0 spiro atoms. The van der Waals surface area contributed by atoms with Crippen molar-refractivity contribution in [3.63, 3.8) is 0 Å². The number of rotatable bonds is 5. The molecule has 1 aromatic heterocycles. The van der Waals surface area contributed by atoms with Crippen molar-refractivity contribution in [3.05, 3.63) is 23.9 Å². The maximum atomic E-state index is 4.73. The zero-order chi connectivity index (χ0) is 13.8. The van der Waals surface area contributed by atoms with Crippen molar-refractivity contribution in [3.8, 4) is 0 Å². The van der Waals surface area contributed by atoms with Gasteiger partial charge < -0.3 is 10.2 Å². The van der Waals surface area contributed by atoms with Crippen LogP contribution < -0.4 is 10.2 Å². The van der Waals surface area contributed by atoms with E-state index in [1.54, 1.807) is 0 Å². The zero-order valence-corrected chi connectivity index (χ0v) is 12.6. The summed E-state index contributed by atoms with van der Waals surface area (Å²) < 4.78 is 0. The molecule has 0 aromatic carbocycles. The molecule has 3 rings (SSSR count). The van der Waals surface area contributed by atoms with Crippen LogP contribution in [0.2, 0.25) is 0 Å². The van der Waals surface area contributed by atoms with Crippen molar-refractivity contribution in [2.45, 2.75) is 70.5 Å². The lowest BCUT2D eigenvalue weighted by Crippen LogP contribution is -2.35. The van der Waals surface area contributed by atoms with Gasteiger partial charge in [-0.15, -0.1) is 0 Å². The Hall–Kier alpha value is -1.09. The van der Waals surface area contributed by atoms with Crippen molar-refractivity contribution in [2.24, 2.45) is 0 Å². The highest BCUT2D eigenvalue weighted by Crippen LogP contribution is 2.24. The van der Waals surface area contributed by atoms with Crippen LogP contribution in [0.15, 0.2) is 18.3 Å². The van der Waals surface area contributed by atoms with Crippen LogP contribution in [-0.4, -0.2) is 23.6 Å². The highest BCUT2D eigenvalue weighted by atomic mass is 15.2. The summed E-state index contributed by atoms with van der Waals surface area (Å²) in [7, 11) is 0. The van der Waals surface area contributed by atoms with Crippen LogP contribution in [0.4, 0.5) is 5.82 Å². The third-order valence-electron chi connectivity index (χ3n) is 4.62. The lowest BCUT2D eigenvalue weighted by atomic mass is 10.1. The molecule has 1 aliphatic carbocycles. The first-order valence-electron chi connectivity index (χ1n) is 8.32. The minimum Gasteiger partial charge on any atom is -0.354 e. The summed E-state index contributed by atoms with van der Waals surface area (Å²) >= 11 is 0. The summed E-state index contributed by atoms with van der Waals surface area (Å²) in [6.45, 7) is 4.44. The van der Waals surface area contributed by atoms with Gasteiger partial charge in [0.05, 0.1) is 0 Å². The molecule has 0 amide bonds. The molecule has 2 heterocycles. The van der Waals surface area contributed by atoms with Gasteiger partial charge in [0.1, 0.15) is 5.82 Å². The monoisotopic (exact) mass is 273 g/mol. The van der Waals surface area contributed by atoms with Crippen LogP contribution in [-0.2, 0) is 6.54 Å². The normalized spacial score (nSPS) is 23.6. The minimum absolute atomic E-state index is 0.681. The SMILES string of the molecule is CCC1CCCCCN1c1ccc(CNC2CC2)cn1. The summed E-state index contributed by atoms with van der Waals surface area (Å²) in [5.74, 6) is 1.17. The molecule has 1 saturated carbocycles. The van der Waals surface area contributed by atoms with Crippen LogP contribution in [0.5, 0.6) is 0 Å². The summed E-state index contributed by atoms with van der Waals surface area (Å²) in [6, 6.07) is 5.91. The van der Waals surface area contributed by atoms with E-state index in [2.05, 4.69) is 35.5 Å². The molecule has 2 fully saturated rings. The number of aromatic nitrogens is 1. The summed E-state index contributed by atoms with van der Waals surface area (Å²) in [6.07, 6.45) is 11.4. The first-order valence-corrected chi connectivity index (χ1v) is 8.32. The first-order chi connectivity index (χ1) is 9.86. The predicted octanol–water partition coefficient (Wildman–Crippen LogP) is 3.49. The molecular weight excluding hydrogens is 246 g/mol. The van der Waals surface area contributed by atoms with Gasteiger partial charge in [0.25, 0.3) is 0 Å². The lowest BCUT2D eigenvalue weighted by molar-refractivity contribution is 0.552. The molecule has 0 bridgehead atoms. The molecule has 1 atom stereocenters. The van der Waals surface area contributed by atoms with Gasteiger partial charge >= 0.3 is 0 Å². The zero-order valence-electron chi connectivity index (χ0n) is 12.6. The van der Waals surface area contributed by atoms with Crippen LogP contribution in [0.3, 0.4) is 0 Å². The molecule has 1 saturated heterocycles. The quantitative estimate of drug-likeness (QED) is 0.890. The number of nitrogens with one attached hydrogen (secondary N) is 1. The smallest absolute Gasteiger partial charge is 0.128 e. The second-order valence-electron chi connectivity index (χ2n) is 6.28. The second kappa shape index (κ2) is 6.57. The summed E-state index contributed by atoms with van der Waals surface area (Å²) in [5, 5.41) is 3.55. The highest BCUT2D eigenvalue weighted by molar-refractivity contribution is 5.40. The molecule has 3 heteroatoms. The fourth-order valence-electron chi connectivity index (χ4n) is 3.14. The standard InChI is InChI=1S/C17H27N3/c1-2-16-6-4-3-5-11-20(16)17-10-7-14(13-19-17)12-18-15-8-9-15/h7,10,13,15-16,18H,2-6,8-9,11-12H2,1H3. The van der Waals surface area contributed by atoms with E-state index in [4.69, 9.17) is 4.98 Å². The van der Waals surface area contributed by atoms with Crippen LogP contribution >= 0.6 is 0 Å². The molecule has 3 nitrogen and oxygen atoms in total. The Bertz CT molecular complexity index is 411. The van der Waals surface area contributed by atoms with Gasteiger partial charge in [-0.2, -0.15) is 0 Å². The van der Waals surface area contributed by atoms with Crippen molar-refractivity contribution in [2.75, 3.05) is 11.4 Å². The molecule has 1 aromatic rings. The Kier molecular flexibility index (Phi) is 4.56. The Morgan fingerprint density at radius 3 is 2.80 bits per heavy atom. The molecule has 110 valence electrons. The number of nitrogens with zero attached hydrogens (tertiary/aromatic N) is 2. The van der Waals surface area contributed by atoms with E-state index in [0.29, 0.717) is 6.04 Å². The van der Waals surface area contributed by atoms with E-state index in [-0.39, 0.29) is 0 Å². The Labute approximate surface area is 122 Å². The molecule has 1 N–H and O–H groups in total. The van der Waals surface area contributed by atoms with Crippen molar-refractivity contribution in [1.82, 2.24) is 10.3 Å². The predicted molar refractivity (Wildman–Crippen MR) is 84.0 cm³/mol. The lowest BCUT2D eigenvalue weighted by Gasteiger charge is -2.30. The van der Waals surface area contributed by atoms with Gasteiger partial charge in [0, 0.05) is 31.4 Å². The van der Waals surface area contributed by atoms with Crippen molar-refractivity contribution in [1.29, 1.82) is 0 Å². The average molecular weight is 273 g/mol. The van der Waals surface area contributed by atoms with Gasteiger partial charge in [-0.3, -0.25) is 0 Å². The fraction of sp³-hybridized carbons (Fsp3) is 0.706. The molecule has 1 aliphatic heterocycles. The van der Waals surface area contributed by atoms with Crippen LogP contribution in [0.1, 0.15) is 57.4 Å². The van der Waals surface area contributed by atoms with E-state index in [1.807, 2.05) is 0 Å². The number of hydrogen-bond acceptors (Lipinski definition) is 3. The van der Waals surface area contributed by atoms with Gasteiger partial charge in [-0.1, -0.05) is 25.8 Å². The van der Waals surface area contributed by atoms with Gasteiger partial charge in [-0.05, 0) is 43.7 Å². The largest absolute Gasteiger partial charge is 0.354 e. The van der Waals surface area contributed by atoms with Crippen LogP contribution in [0, 0.1) is 0 Å². The van der Waals surface area contributed by atoms with E-state index in [9.17, 15) is 0 Å². The van der Waals surface area contributed by atoms with E-state index in [1.165, 1.54) is 62.9 Å². The maximum Gasteiger partial charge on any atom is 0.128 e. The Morgan fingerprint density at radius 1 is 1.20 bits per heavy atom. The van der Waals surface area contributed by atoms with E-state index < -0.39 is 0 Å². The molecule has 0 radical (unpaired) electrons. The highest BCUT2D eigenvalue weighted by Gasteiger charge is 2.21. The number of pyridine rings is 1. The van der Waals surface area contributed by atoms with E-state index in [0.717, 1.165) is 12.6 Å².